The Hall–Kier alpha value is -1.44. The first-order valence-electron chi connectivity index (χ1n) is 7.50. The highest BCUT2D eigenvalue weighted by Crippen LogP contribution is 2.41. The molecule has 0 amide bonds. The summed E-state index contributed by atoms with van der Waals surface area (Å²) in [6, 6.07) is 6.79. The minimum atomic E-state index is -4.64. The minimum Gasteiger partial charge on any atom is -0.465 e. The van der Waals surface area contributed by atoms with Crippen molar-refractivity contribution in [2.75, 3.05) is 6.61 Å². The normalized spacial score (nSPS) is 12.7. The summed E-state index contributed by atoms with van der Waals surface area (Å²) < 4.78 is 43.6. The fourth-order valence-corrected chi connectivity index (χ4v) is 3.52. The highest BCUT2D eigenvalue weighted by Gasteiger charge is 2.35. The van der Waals surface area contributed by atoms with Gasteiger partial charge in [0.15, 0.2) is 0 Å². The first kappa shape index (κ1) is 20.9. The first-order valence-corrected chi connectivity index (χ1v) is 9.13. The van der Waals surface area contributed by atoms with E-state index in [0.717, 1.165) is 4.90 Å². The van der Waals surface area contributed by atoms with Crippen molar-refractivity contribution in [1.82, 2.24) is 4.98 Å². The third-order valence-electron chi connectivity index (χ3n) is 3.30. The lowest BCUT2D eigenvalue weighted by molar-refractivity contribution is -0.142. The van der Waals surface area contributed by atoms with Crippen molar-refractivity contribution in [1.29, 1.82) is 0 Å². The number of nitrogens with zero attached hydrogens (tertiary/aromatic N) is 1. The Morgan fingerprint density at radius 1 is 1.31 bits per heavy atom. The summed E-state index contributed by atoms with van der Waals surface area (Å²) in [5.74, 6) is -0.350. The van der Waals surface area contributed by atoms with Crippen LogP contribution in [0, 0.1) is 0 Å². The predicted octanol–water partition coefficient (Wildman–Crippen LogP) is 6.12. The molecule has 1 atom stereocenters. The van der Waals surface area contributed by atoms with Crippen molar-refractivity contribution in [2.24, 2.45) is 0 Å². The van der Waals surface area contributed by atoms with Crippen LogP contribution < -0.4 is 0 Å². The molecule has 9 heteroatoms. The van der Waals surface area contributed by atoms with E-state index in [1.807, 2.05) is 0 Å². The lowest BCUT2D eigenvalue weighted by atomic mass is 10.1. The van der Waals surface area contributed by atoms with Gasteiger partial charge in [0.05, 0.1) is 27.9 Å². The van der Waals surface area contributed by atoms with Gasteiger partial charge in [-0.2, -0.15) is 13.2 Å². The third-order valence-corrected chi connectivity index (χ3v) is 5.23. The lowest BCUT2D eigenvalue weighted by Crippen LogP contribution is -2.16. The Morgan fingerprint density at radius 3 is 2.62 bits per heavy atom. The maximum absolute atomic E-state index is 12.9. The van der Waals surface area contributed by atoms with E-state index in [9.17, 15) is 18.0 Å². The van der Waals surface area contributed by atoms with Crippen molar-refractivity contribution < 1.29 is 22.7 Å². The molecule has 1 heterocycles. The number of hydrogen-bond donors (Lipinski definition) is 0. The SMILES string of the molecule is CCOC(=O)C(C)Sc1cccc(-c2ncc(C(F)(F)F)c(Cl)c2Cl)c1. The van der Waals surface area contributed by atoms with Gasteiger partial charge in [-0.3, -0.25) is 9.78 Å². The summed E-state index contributed by atoms with van der Waals surface area (Å²) in [5.41, 5.74) is -0.461. The van der Waals surface area contributed by atoms with Crippen LogP contribution in [0.5, 0.6) is 0 Å². The summed E-state index contributed by atoms with van der Waals surface area (Å²) in [5, 5.41) is -1.31. The second kappa shape index (κ2) is 8.50. The van der Waals surface area contributed by atoms with E-state index in [-0.39, 0.29) is 23.3 Å². The van der Waals surface area contributed by atoms with Gasteiger partial charge in [0.2, 0.25) is 0 Å². The Balaban J connectivity index is 2.33. The molecular weight excluding hydrogens is 410 g/mol. The van der Waals surface area contributed by atoms with Crippen LogP contribution in [-0.4, -0.2) is 22.8 Å². The number of rotatable bonds is 5. The van der Waals surface area contributed by atoms with Gasteiger partial charge in [0.1, 0.15) is 5.25 Å². The molecule has 0 aliphatic rings. The van der Waals surface area contributed by atoms with Gasteiger partial charge in [-0.15, -0.1) is 11.8 Å². The van der Waals surface area contributed by atoms with Crippen LogP contribution in [0.4, 0.5) is 13.2 Å². The van der Waals surface area contributed by atoms with Crippen LogP contribution in [-0.2, 0) is 15.7 Å². The molecular formula is C17H14Cl2F3NO2S. The van der Waals surface area contributed by atoms with E-state index >= 15 is 0 Å². The Kier molecular flexibility index (Phi) is 6.82. The molecule has 1 aromatic heterocycles. The number of hydrogen-bond acceptors (Lipinski definition) is 4. The number of carbonyl (C=O) groups excluding carboxylic acids is 1. The summed E-state index contributed by atoms with van der Waals surface area (Å²) in [6.45, 7) is 3.71. The summed E-state index contributed by atoms with van der Waals surface area (Å²) in [6.07, 6.45) is -3.98. The average Bonchev–Trinajstić information content (AvgIpc) is 2.56. The summed E-state index contributed by atoms with van der Waals surface area (Å²) in [4.78, 5) is 16.3. The largest absolute Gasteiger partial charge is 0.465 e. The lowest BCUT2D eigenvalue weighted by Gasteiger charge is -2.13. The molecule has 2 rings (SSSR count). The molecule has 0 saturated heterocycles. The van der Waals surface area contributed by atoms with Crippen LogP contribution in [0.25, 0.3) is 11.3 Å². The molecule has 0 spiro atoms. The van der Waals surface area contributed by atoms with Crippen molar-refractivity contribution in [3.05, 3.63) is 46.1 Å². The molecule has 0 aliphatic heterocycles. The van der Waals surface area contributed by atoms with Crippen LogP contribution in [0.1, 0.15) is 19.4 Å². The Morgan fingerprint density at radius 2 is 2.00 bits per heavy atom. The number of pyridine rings is 1. The Labute approximate surface area is 162 Å². The number of aromatic nitrogens is 1. The minimum absolute atomic E-state index is 0.135. The molecule has 26 heavy (non-hydrogen) atoms. The summed E-state index contributed by atoms with van der Waals surface area (Å²) >= 11 is 13.0. The number of esters is 1. The number of thioether (sulfide) groups is 1. The molecule has 2 aromatic rings. The molecule has 1 aromatic carbocycles. The average molecular weight is 424 g/mol. The second-order valence-electron chi connectivity index (χ2n) is 5.19. The van der Waals surface area contributed by atoms with Crippen molar-refractivity contribution in [3.63, 3.8) is 0 Å². The van der Waals surface area contributed by atoms with Crippen LogP contribution >= 0.6 is 35.0 Å². The van der Waals surface area contributed by atoms with Gasteiger partial charge < -0.3 is 4.74 Å². The topological polar surface area (TPSA) is 39.2 Å². The molecule has 1 unspecified atom stereocenters. The number of alkyl halides is 3. The fourth-order valence-electron chi connectivity index (χ4n) is 2.09. The van der Waals surface area contributed by atoms with E-state index in [4.69, 9.17) is 27.9 Å². The molecule has 0 aliphatic carbocycles. The molecule has 0 N–H and O–H groups in total. The standard InChI is InChI=1S/C17H14Cl2F3NO2S/c1-3-25-16(24)9(2)26-11-6-4-5-10(7-11)15-14(19)13(18)12(8-23-15)17(20,21)22/h4-9H,3H2,1-2H3. The van der Waals surface area contributed by atoms with Gasteiger partial charge in [0.25, 0.3) is 0 Å². The maximum atomic E-state index is 12.9. The smallest absolute Gasteiger partial charge is 0.419 e. The number of ether oxygens (including phenoxy) is 1. The highest BCUT2D eigenvalue weighted by atomic mass is 35.5. The molecule has 3 nitrogen and oxygen atoms in total. The zero-order chi connectivity index (χ0) is 19.5. The summed E-state index contributed by atoms with van der Waals surface area (Å²) in [7, 11) is 0. The van der Waals surface area contributed by atoms with Crippen LogP contribution in [0.15, 0.2) is 35.4 Å². The quantitative estimate of drug-likeness (QED) is 0.428. The third kappa shape index (κ3) is 4.84. The zero-order valence-electron chi connectivity index (χ0n) is 13.7. The second-order valence-corrected chi connectivity index (χ2v) is 7.36. The van der Waals surface area contributed by atoms with Gasteiger partial charge >= 0.3 is 12.1 Å². The van der Waals surface area contributed by atoms with E-state index in [0.29, 0.717) is 11.8 Å². The van der Waals surface area contributed by atoms with E-state index in [1.165, 1.54) is 11.8 Å². The van der Waals surface area contributed by atoms with Gasteiger partial charge in [0, 0.05) is 16.7 Å². The van der Waals surface area contributed by atoms with E-state index in [2.05, 4.69) is 4.98 Å². The van der Waals surface area contributed by atoms with Crippen LogP contribution in [0.2, 0.25) is 10.0 Å². The van der Waals surface area contributed by atoms with Gasteiger partial charge in [-0.1, -0.05) is 35.3 Å². The molecule has 0 radical (unpaired) electrons. The molecule has 0 fully saturated rings. The van der Waals surface area contributed by atoms with Crippen molar-refractivity contribution in [2.45, 2.75) is 30.2 Å². The number of halogens is 5. The molecule has 140 valence electrons. The molecule has 0 bridgehead atoms. The van der Waals surface area contributed by atoms with Crippen molar-refractivity contribution in [3.8, 4) is 11.3 Å². The zero-order valence-corrected chi connectivity index (χ0v) is 16.1. The fraction of sp³-hybridized carbons (Fsp3) is 0.294. The highest BCUT2D eigenvalue weighted by molar-refractivity contribution is 8.00. The predicted molar refractivity (Wildman–Crippen MR) is 96.6 cm³/mol. The van der Waals surface area contributed by atoms with Crippen molar-refractivity contribution >= 4 is 40.9 Å². The number of benzene rings is 1. The van der Waals surface area contributed by atoms with E-state index < -0.39 is 22.0 Å². The van der Waals surface area contributed by atoms with E-state index in [1.54, 1.807) is 38.1 Å². The van der Waals surface area contributed by atoms with Gasteiger partial charge in [-0.25, -0.2) is 0 Å². The first-order chi connectivity index (χ1) is 12.1. The monoisotopic (exact) mass is 423 g/mol. The Bertz CT molecular complexity index is 815. The maximum Gasteiger partial charge on any atom is 0.419 e. The number of carbonyl (C=O) groups is 1. The molecule has 0 saturated carbocycles. The van der Waals surface area contributed by atoms with Gasteiger partial charge in [-0.05, 0) is 26.0 Å². The van der Waals surface area contributed by atoms with Crippen LogP contribution in [0.3, 0.4) is 0 Å².